The zero-order valence-electron chi connectivity index (χ0n) is 14.5. The third kappa shape index (κ3) is 3.14. The van der Waals surface area contributed by atoms with Gasteiger partial charge in [0, 0.05) is 17.5 Å². The zero-order valence-corrected chi connectivity index (χ0v) is 14.5. The molecule has 0 bridgehead atoms. The molecule has 138 valence electrons. The van der Waals surface area contributed by atoms with Gasteiger partial charge in [0.05, 0.1) is 24.2 Å². The largest absolute Gasteiger partial charge is 0.496 e. The van der Waals surface area contributed by atoms with Crippen molar-refractivity contribution in [3.63, 3.8) is 0 Å². The molecule has 2 amide bonds. The zero-order chi connectivity index (χ0) is 18.8. The van der Waals surface area contributed by atoms with E-state index >= 15 is 0 Å². The predicted octanol–water partition coefficient (Wildman–Crippen LogP) is 1.58. The SMILES string of the molecule is CCC1C(COc2ccnc3cc(C(N)=O)c(OC)cc23)NC(=O)C1F. The number of alkyl halides is 1. The Balaban J connectivity index is 1.89. The van der Waals surface area contributed by atoms with Crippen LogP contribution in [0.5, 0.6) is 11.5 Å². The third-order valence-electron chi connectivity index (χ3n) is 4.65. The highest BCUT2D eigenvalue weighted by Gasteiger charge is 2.41. The summed E-state index contributed by atoms with van der Waals surface area (Å²) in [5, 5.41) is 3.26. The molecular weight excluding hydrogens is 341 g/mol. The van der Waals surface area contributed by atoms with E-state index in [1.165, 1.54) is 19.4 Å². The van der Waals surface area contributed by atoms with E-state index in [9.17, 15) is 14.0 Å². The third-order valence-corrected chi connectivity index (χ3v) is 4.65. The predicted molar refractivity (Wildman–Crippen MR) is 92.9 cm³/mol. The summed E-state index contributed by atoms with van der Waals surface area (Å²) < 4.78 is 24.9. The number of fused-ring (bicyclic) bond motifs is 1. The fourth-order valence-electron chi connectivity index (χ4n) is 3.24. The molecule has 8 heteroatoms. The average molecular weight is 361 g/mol. The van der Waals surface area contributed by atoms with Crippen molar-refractivity contribution in [2.75, 3.05) is 13.7 Å². The molecule has 0 radical (unpaired) electrons. The summed E-state index contributed by atoms with van der Waals surface area (Å²) in [5.74, 6) is -0.835. The minimum Gasteiger partial charge on any atom is -0.496 e. The smallest absolute Gasteiger partial charge is 0.255 e. The number of rotatable bonds is 6. The maximum absolute atomic E-state index is 13.9. The van der Waals surface area contributed by atoms with Gasteiger partial charge in [-0.1, -0.05) is 6.92 Å². The van der Waals surface area contributed by atoms with E-state index in [0.717, 1.165) is 0 Å². The minimum atomic E-state index is -1.51. The van der Waals surface area contributed by atoms with E-state index < -0.39 is 29.9 Å². The molecule has 1 aliphatic heterocycles. The summed E-state index contributed by atoms with van der Waals surface area (Å²) >= 11 is 0. The minimum absolute atomic E-state index is 0.129. The van der Waals surface area contributed by atoms with Gasteiger partial charge in [-0.25, -0.2) is 4.39 Å². The Morgan fingerprint density at radius 1 is 1.38 bits per heavy atom. The van der Waals surface area contributed by atoms with Crippen molar-refractivity contribution < 1.29 is 23.5 Å². The number of nitrogens with two attached hydrogens (primary N) is 1. The summed E-state index contributed by atoms with van der Waals surface area (Å²) in [7, 11) is 1.44. The number of hydrogen-bond donors (Lipinski definition) is 2. The van der Waals surface area contributed by atoms with Crippen molar-refractivity contribution >= 4 is 22.7 Å². The molecule has 1 fully saturated rings. The van der Waals surface area contributed by atoms with Gasteiger partial charge in [-0.05, 0) is 24.6 Å². The van der Waals surface area contributed by atoms with Crippen LogP contribution in [0.1, 0.15) is 23.7 Å². The molecule has 0 spiro atoms. The Bertz CT molecular complexity index is 858. The van der Waals surface area contributed by atoms with E-state index in [0.29, 0.717) is 28.8 Å². The van der Waals surface area contributed by atoms with E-state index in [2.05, 4.69) is 10.3 Å². The van der Waals surface area contributed by atoms with Gasteiger partial charge in [0.2, 0.25) is 0 Å². The van der Waals surface area contributed by atoms with Crippen LogP contribution >= 0.6 is 0 Å². The van der Waals surface area contributed by atoms with Gasteiger partial charge in [-0.15, -0.1) is 0 Å². The normalized spacial score (nSPS) is 22.3. The molecule has 26 heavy (non-hydrogen) atoms. The molecule has 2 heterocycles. The summed E-state index contributed by atoms with van der Waals surface area (Å²) in [4.78, 5) is 27.3. The summed E-state index contributed by atoms with van der Waals surface area (Å²) in [6, 6.07) is 4.42. The lowest BCUT2D eigenvalue weighted by Crippen LogP contribution is -2.34. The number of hydrogen-bond acceptors (Lipinski definition) is 5. The number of benzene rings is 1. The van der Waals surface area contributed by atoms with Gasteiger partial charge >= 0.3 is 0 Å². The number of halogens is 1. The van der Waals surface area contributed by atoms with Gasteiger partial charge in [0.15, 0.2) is 6.17 Å². The van der Waals surface area contributed by atoms with Crippen LogP contribution in [-0.2, 0) is 4.79 Å². The molecule has 3 rings (SSSR count). The number of pyridine rings is 1. The van der Waals surface area contributed by atoms with E-state index in [-0.39, 0.29) is 12.2 Å². The van der Waals surface area contributed by atoms with E-state index in [1.54, 1.807) is 12.1 Å². The van der Waals surface area contributed by atoms with Crippen LogP contribution < -0.4 is 20.5 Å². The summed E-state index contributed by atoms with van der Waals surface area (Å²) in [6.45, 7) is 1.96. The van der Waals surface area contributed by atoms with Crippen molar-refractivity contribution in [3.05, 3.63) is 30.0 Å². The molecule has 2 aromatic rings. The standard InChI is InChI=1S/C18H20FN3O4/c1-3-9-13(22-18(24)16(9)19)8-26-14-4-5-21-12-6-11(17(20)23)15(25-2)7-10(12)14/h4-7,9,13,16H,3,8H2,1-2H3,(H2,20,23)(H,22,24). The average Bonchev–Trinajstić information content (AvgIpc) is 2.91. The Hall–Kier alpha value is -2.90. The molecular formula is C18H20FN3O4. The van der Waals surface area contributed by atoms with Crippen LogP contribution in [0.25, 0.3) is 10.9 Å². The Kier molecular flexibility index (Phi) is 4.92. The first-order valence-corrected chi connectivity index (χ1v) is 8.30. The molecule has 7 nitrogen and oxygen atoms in total. The summed E-state index contributed by atoms with van der Waals surface area (Å²) in [6.07, 6.45) is 0.555. The highest BCUT2D eigenvalue weighted by molar-refractivity contribution is 6.01. The number of aromatic nitrogens is 1. The molecule has 1 aliphatic rings. The van der Waals surface area contributed by atoms with Crippen molar-refractivity contribution in [1.29, 1.82) is 0 Å². The van der Waals surface area contributed by atoms with Gasteiger partial charge < -0.3 is 20.5 Å². The Labute approximate surface area is 149 Å². The molecule has 1 aromatic heterocycles. The first-order valence-electron chi connectivity index (χ1n) is 8.30. The molecule has 1 saturated heterocycles. The number of carbonyl (C=O) groups excluding carboxylic acids is 2. The fraction of sp³-hybridized carbons (Fsp3) is 0.389. The van der Waals surface area contributed by atoms with Crippen molar-refractivity contribution in [2.45, 2.75) is 25.6 Å². The van der Waals surface area contributed by atoms with Gasteiger partial charge in [-0.2, -0.15) is 0 Å². The number of nitrogens with one attached hydrogen (secondary N) is 1. The Morgan fingerprint density at radius 3 is 2.81 bits per heavy atom. The van der Waals surface area contributed by atoms with Crippen LogP contribution in [0.4, 0.5) is 4.39 Å². The van der Waals surface area contributed by atoms with Gasteiger partial charge in [0.25, 0.3) is 11.8 Å². The quantitative estimate of drug-likeness (QED) is 0.813. The molecule has 1 aromatic carbocycles. The topological polar surface area (TPSA) is 104 Å². The van der Waals surface area contributed by atoms with Crippen molar-refractivity contribution in [3.8, 4) is 11.5 Å². The molecule has 3 atom stereocenters. The maximum Gasteiger partial charge on any atom is 0.255 e. The lowest BCUT2D eigenvalue weighted by atomic mass is 9.97. The summed E-state index contributed by atoms with van der Waals surface area (Å²) in [5.41, 5.74) is 6.10. The monoisotopic (exact) mass is 361 g/mol. The second kappa shape index (κ2) is 7.15. The number of carbonyl (C=O) groups is 2. The second-order valence-corrected chi connectivity index (χ2v) is 6.14. The first-order chi connectivity index (χ1) is 12.5. The van der Waals surface area contributed by atoms with Gasteiger partial charge in [0.1, 0.15) is 18.1 Å². The number of methoxy groups -OCH3 is 1. The van der Waals surface area contributed by atoms with Crippen LogP contribution in [0, 0.1) is 5.92 Å². The van der Waals surface area contributed by atoms with E-state index in [1.807, 2.05) is 6.92 Å². The van der Waals surface area contributed by atoms with Gasteiger partial charge in [-0.3, -0.25) is 14.6 Å². The second-order valence-electron chi connectivity index (χ2n) is 6.14. The van der Waals surface area contributed by atoms with Crippen molar-refractivity contribution in [2.24, 2.45) is 11.7 Å². The first kappa shape index (κ1) is 17.9. The fourth-order valence-corrected chi connectivity index (χ4v) is 3.24. The van der Waals surface area contributed by atoms with E-state index in [4.69, 9.17) is 15.2 Å². The van der Waals surface area contributed by atoms with Crippen molar-refractivity contribution in [1.82, 2.24) is 10.3 Å². The van der Waals surface area contributed by atoms with Crippen LogP contribution in [0.3, 0.4) is 0 Å². The lowest BCUT2D eigenvalue weighted by molar-refractivity contribution is -0.123. The highest BCUT2D eigenvalue weighted by Crippen LogP contribution is 2.31. The Morgan fingerprint density at radius 2 is 2.15 bits per heavy atom. The number of amides is 2. The van der Waals surface area contributed by atoms with Crippen LogP contribution in [0.15, 0.2) is 24.4 Å². The lowest BCUT2D eigenvalue weighted by Gasteiger charge is -2.19. The molecule has 0 saturated carbocycles. The number of ether oxygens (including phenoxy) is 2. The van der Waals surface area contributed by atoms with Crippen LogP contribution in [0.2, 0.25) is 0 Å². The molecule has 3 unspecified atom stereocenters. The number of primary amides is 1. The molecule has 0 aliphatic carbocycles. The number of nitrogens with zero attached hydrogens (tertiary/aromatic N) is 1. The maximum atomic E-state index is 13.9. The highest BCUT2D eigenvalue weighted by atomic mass is 19.1. The van der Waals surface area contributed by atoms with Crippen LogP contribution in [-0.4, -0.2) is 42.7 Å². The molecule has 3 N–H and O–H groups in total.